The molecule has 2 heterocycles. The molecule has 0 spiro atoms. The number of alkyl halides is 1. The molecule has 0 saturated heterocycles. The summed E-state index contributed by atoms with van der Waals surface area (Å²) in [6.07, 6.45) is 2.38. The van der Waals surface area contributed by atoms with Crippen LogP contribution in [0, 0.1) is 0 Å². The second-order valence-corrected chi connectivity index (χ2v) is 5.34. The Morgan fingerprint density at radius 1 is 1.30 bits per heavy atom. The summed E-state index contributed by atoms with van der Waals surface area (Å²) in [4.78, 5) is 8.86. The normalized spacial score (nSPS) is 11.3. The minimum absolute atomic E-state index is 0.521. The quantitative estimate of drug-likeness (QED) is 0.696. The van der Waals surface area contributed by atoms with E-state index in [1.54, 1.807) is 11.0 Å². The first kappa shape index (κ1) is 13.4. The Bertz CT molecular complexity index is 746. The highest BCUT2D eigenvalue weighted by atomic mass is 35.5. The summed E-state index contributed by atoms with van der Waals surface area (Å²) in [5.74, 6) is 2.19. The highest BCUT2D eigenvalue weighted by Gasteiger charge is 2.12. The van der Waals surface area contributed by atoms with E-state index in [0.717, 1.165) is 22.7 Å². The van der Waals surface area contributed by atoms with Gasteiger partial charge in [-0.2, -0.15) is 5.10 Å². The van der Waals surface area contributed by atoms with Gasteiger partial charge in [0.1, 0.15) is 12.2 Å². The van der Waals surface area contributed by atoms with Crippen LogP contribution in [-0.4, -0.2) is 30.2 Å². The Balaban J connectivity index is 2.08. The van der Waals surface area contributed by atoms with Crippen LogP contribution in [-0.2, 0) is 20.0 Å². The molecule has 7 heteroatoms. The fourth-order valence-electron chi connectivity index (χ4n) is 2.20. The van der Waals surface area contributed by atoms with Gasteiger partial charge in [0, 0.05) is 24.4 Å². The smallest absolute Gasteiger partial charge is 0.170 e. The SMILES string of the molecule is Cn1cnc(Cn2c(CCCl)nc3cc(Cl)ccc32)n1. The van der Waals surface area contributed by atoms with Crippen molar-refractivity contribution in [3.8, 4) is 0 Å². The molecule has 1 aromatic carbocycles. The third-order valence-corrected chi connectivity index (χ3v) is 3.48. The molecular weight excluding hydrogens is 297 g/mol. The predicted molar refractivity (Wildman–Crippen MR) is 79.3 cm³/mol. The largest absolute Gasteiger partial charge is 0.320 e. The Labute approximate surface area is 126 Å². The van der Waals surface area contributed by atoms with Crippen molar-refractivity contribution in [1.29, 1.82) is 0 Å². The molecule has 104 valence electrons. The number of aromatic nitrogens is 5. The standard InChI is InChI=1S/C13H13Cl2N5/c1-19-8-16-12(18-19)7-20-11-3-2-9(15)6-10(11)17-13(20)4-5-14/h2-3,6,8H,4-5,7H2,1H3. The maximum absolute atomic E-state index is 6.02. The summed E-state index contributed by atoms with van der Waals surface area (Å²) in [6, 6.07) is 5.68. The van der Waals surface area contributed by atoms with Crippen LogP contribution >= 0.6 is 23.2 Å². The van der Waals surface area contributed by atoms with Crippen molar-refractivity contribution in [2.24, 2.45) is 7.05 Å². The van der Waals surface area contributed by atoms with Crippen molar-refractivity contribution in [2.45, 2.75) is 13.0 Å². The van der Waals surface area contributed by atoms with Gasteiger partial charge in [0.2, 0.25) is 0 Å². The number of aryl methyl sites for hydroxylation is 2. The lowest BCUT2D eigenvalue weighted by molar-refractivity contribution is 0.688. The van der Waals surface area contributed by atoms with Crippen LogP contribution in [0.5, 0.6) is 0 Å². The van der Waals surface area contributed by atoms with E-state index in [1.165, 1.54) is 0 Å². The first-order valence-corrected chi connectivity index (χ1v) is 7.14. The third kappa shape index (κ3) is 2.51. The topological polar surface area (TPSA) is 48.5 Å². The number of imidazole rings is 1. The van der Waals surface area contributed by atoms with Crippen molar-refractivity contribution >= 4 is 34.2 Å². The first-order chi connectivity index (χ1) is 9.67. The van der Waals surface area contributed by atoms with Crippen molar-refractivity contribution in [3.05, 3.63) is 41.2 Å². The summed E-state index contributed by atoms with van der Waals surface area (Å²) >= 11 is 11.9. The van der Waals surface area contributed by atoms with Crippen LogP contribution < -0.4 is 0 Å². The van der Waals surface area contributed by atoms with Gasteiger partial charge in [-0.05, 0) is 18.2 Å². The summed E-state index contributed by atoms with van der Waals surface area (Å²) in [7, 11) is 1.85. The van der Waals surface area contributed by atoms with E-state index in [-0.39, 0.29) is 0 Å². The van der Waals surface area contributed by atoms with E-state index in [9.17, 15) is 0 Å². The molecular formula is C13H13Cl2N5. The van der Waals surface area contributed by atoms with Crippen LogP contribution in [0.3, 0.4) is 0 Å². The Morgan fingerprint density at radius 3 is 2.85 bits per heavy atom. The second-order valence-electron chi connectivity index (χ2n) is 4.52. The van der Waals surface area contributed by atoms with Crippen molar-refractivity contribution in [1.82, 2.24) is 24.3 Å². The molecule has 0 N–H and O–H groups in total. The van der Waals surface area contributed by atoms with Crippen molar-refractivity contribution in [3.63, 3.8) is 0 Å². The molecule has 3 aromatic rings. The monoisotopic (exact) mass is 309 g/mol. The predicted octanol–water partition coefficient (Wildman–Crippen LogP) is 2.65. The number of rotatable bonds is 4. The first-order valence-electron chi connectivity index (χ1n) is 6.22. The number of halogens is 2. The highest BCUT2D eigenvalue weighted by Crippen LogP contribution is 2.21. The van der Waals surface area contributed by atoms with E-state index in [1.807, 2.05) is 25.2 Å². The zero-order valence-corrected chi connectivity index (χ0v) is 12.4. The lowest BCUT2D eigenvalue weighted by atomic mass is 10.3. The van der Waals surface area contributed by atoms with E-state index in [2.05, 4.69) is 19.6 Å². The van der Waals surface area contributed by atoms with Crippen molar-refractivity contribution in [2.75, 3.05) is 5.88 Å². The molecule has 3 rings (SSSR count). The van der Waals surface area contributed by atoms with E-state index in [0.29, 0.717) is 23.9 Å². The molecule has 0 bridgehead atoms. The molecule has 0 saturated carbocycles. The van der Waals surface area contributed by atoms with Gasteiger partial charge in [0.05, 0.1) is 17.6 Å². The van der Waals surface area contributed by atoms with Gasteiger partial charge in [-0.1, -0.05) is 11.6 Å². The molecule has 0 fully saturated rings. The molecule has 0 aliphatic heterocycles. The van der Waals surface area contributed by atoms with Gasteiger partial charge >= 0.3 is 0 Å². The molecule has 20 heavy (non-hydrogen) atoms. The number of hydrogen-bond acceptors (Lipinski definition) is 3. The summed E-state index contributed by atoms with van der Waals surface area (Å²) < 4.78 is 3.77. The van der Waals surface area contributed by atoms with Crippen LogP contribution in [0.25, 0.3) is 11.0 Å². The van der Waals surface area contributed by atoms with Gasteiger partial charge in [-0.15, -0.1) is 11.6 Å². The van der Waals surface area contributed by atoms with Gasteiger partial charge in [0.25, 0.3) is 0 Å². The Morgan fingerprint density at radius 2 is 2.15 bits per heavy atom. The molecule has 0 amide bonds. The van der Waals surface area contributed by atoms with Crippen LogP contribution in [0.2, 0.25) is 5.02 Å². The lowest BCUT2D eigenvalue weighted by Crippen LogP contribution is -2.07. The van der Waals surface area contributed by atoms with E-state index in [4.69, 9.17) is 23.2 Å². The third-order valence-electron chi connectivity index (χ3n) is 3.05. The van der Waals surface area contributed by atoms with Crippen LogP contribution in [0.4, 0.5) is 0 Å². The fourth-order valence-corrected chi connectivity index (χ4v) is 2.54. The second kappa shape index (κ2) is 5.42. The number of fused-ring (bicyclic) bond motifs is 1. The zero-order chi connectivity index (χ0) is 14.1. The van der Waals surface area contributed by atoms with Gasteiger partial charge < -0.3 is 4.57 Å². The molecule has 0 radical (unpaired) electrons. The molecule has 0 aliphatic carbocycles. The van der Waals surface area contributed by atoms with E-state index >= 15 is 0 Å². The maximum atomic E-state index is 6.02. The maximum Gasteiger partial charge on any atom is 0.170 e. The Kier molecular flexibility index (Phi) is 3.63. The number of benzene rings is 1. The molecule has 0 unspecified atom stereocenters. The fraction of sp³-hybridized carbons (Fsp3) is 0.308. The van der Waals surface area contributed by atoms with Crippen LogP contribution in [0.1, 0.15) is 11.6 Å². The number of nitrogens with zero attached hydrogens (tertiary/aromatic N) is 5. The van der Waals surface area contributed by atoms with Gasteiger partial charge in [-0.25, -0.2) is 9.97 Å². The van der Waals surface area contributed by atoms with Gasteiger partial charge in [-0.3, -0.25) is 4.68 Å². The van der Waals surface area contributed by atoms with Gasteiger partial charge in [0.15, 0.2) is 5.82 Å². The highest BCUT2D eigenvalue weighted by molar-refractivity contribution is 6.31. The molecule has 0 atom stereocenters. The summed E-state index contributed by atoms with van der Waals surface area (Å²) in [6.45, 7) is 0.575. The molecule has 0 aliphatic rings. The summed E-state index contributed by atoms with van der Waals surface area (Å²) in [5.41, 5.74) is 1.88. The van der Waals surface area contributed by atoms with E-state index < -0.39 is 0 Å². The molecule has 5 nitrogen and oxygen atoms in total. The average molecular weight is 310 g/mol. The molecule has 2 aromatic heterocycles. The zero-order valence-electron chi connectivity index (χ0n) is 10.9. The average Bonchev–Trinajstić information content (AvgIpc) is 2.95. The van der Waals surface area contributed by atoms with Crippen LogP contribution in [0.15, 0.2) is 24.5 Å². The summed E-state index contributed by atoms with van der Waals surface area (Å²) in [5, 5.41) is 4.99. The number of hydrogen-bond donors (Lipinski definition) is 0. The minimum atomic E-state index is 0.521. The minimum Gasteiger partial charge on any atom is -0.320 e. The Hall–Kier alpha value is -1.59. The lowest BCUT2D eigenvalue weighted by Gasteiger charge is -2.05. The van der Waals surface area contributed by atoms with Crippen molar-refractivity contribution < 1.29 is 0 Å².